The summed E-state index contributed by atoms with van der Waals surface area (Å²) >= 11 is 0. The lowest BCUT2D eigenvalue weighted by Gasteiger charge is -2.31. The predicted molar refractivity (Wildman–Crippen MR) is 108 cm³/mol. The number of aromatic amines is 1. The monoisotopic (exact) mass is 392 g/mol. The number of hydrogen-bond acceptors (Lipinski definition) is 3. The summed E-state index contributed by atoms with van der Waals surface area (Å²) in [6, 6.07) is 16.9. The van der Waals surface area contributed by atoms with Crippen LogP contribution in [0.4, 0.5) is 10.1 Å². The normalized spacial score (nSPS) is 16.4. The number of nitrogens with zero attached hydrogens (tertiary/aromatic N) is 2. The zero-order valence-electron chi connectivity index (χ0n) is 15.8. The highest BCUT2D eigenvalue weighted by atomic mass is 19.1. The van der Waals surface area contributed by atoms with E-state index in [9.17, 15) is 14.0 Å². The van der Waals surface area contributed by atoms with Crippen LogP contribution in [-0.2, 0) is 4.79 Å². The number of para-hydroxylation sites is 1. The highest BCUT2D eigenvalue weighted by Gasteiger charge is 2.29. The number of piperidine rings is 1. The second-order valence-corrected chi connectivity index (χ2v) is 7.12. The molecule has 1 aliphatic rings. The van der Waals surface area contributed by atoms with Gasteiger partial charge in [0.05, 0.1) is 11.6 Å². The van der Waals surface area contributed by atoms with Gasteiger partial charge in [-0.15, -0.1) is 0 Å². The minimum atomic E-state index is -0.325. The third-order valence-corrected chi connectivity index (χ3v) is 5.07. The Morgan fingerprint density at radius 2 is 1.86 bits per heavy atom. The molecule has 1 fully saturated rings. The summed E-state index contributed by atoms with van der Waals surface area (Å²) in [6.45, 7) is 0.960. The largest absolute Gasteiger partial charge is 0.337 e. The molecule has 2 amide bonds. The van der Waals surface area contributed by atoms with Crippen molar-refractivity contribution >= 4 is 17.5 Å². The van der Waals surface area contributed by atoms with Gasteiger partial charge in [0, 0.05) is 24.3 Å². The van der Waals surface area contributed by atoms with Crippen LogP contribution in [0.2, 0.25) is 0 Å². The van der Waals surface area contributed by atoms with Gasteiger partial charge in [0.25, 0.3) is 5.91 Å². The van der Waals surface area contributed by atoms with Gasteiger partial charge in [-0.25, -0.2) is 4.39 Å². The van der Waals surface area contributed by atoms with Gasteiger partial charge >= 0.3 is 0 Å². The van der Waals surface area contributed by atoms with Gasteiger partial charge in [0.15, 0.2) is 0 Å². The number of anilines is 1. The molecule has 2 N–H and O–H groups in total. The first kappa shape index (κ1) is 18.9. The zero-order chi connectivity index (χ0) is 20.2. The second-order valence-electron chi connectivity index (χ2n) is 7.12. The van der Waals surface area contributed by atoms with Crippen LogP contribution in [0.15, 0.2) is 60.7 Å². The van der Waals surface area contributed by atoms with E-state index in [0.717, 1.165) is 24.1 Å². The Morgan fingerprint density at radius 3 is 2.62 bits per heavy atom. The molecule has 2 aromatic carbocycles. The summed E-state index contributed by atoms with van der Waals surface area (Å²) in [7, 11) is 0. The fourth-order valence-corrected chi connectivity index (χ4v) is 3.51. The van der Waals surface area contributed by atoms with E-state index in [1.807, 2.05) is 30.3 Å². The van der Waals surface area contributed by atoms with Crippen LogP contribution in [0, 0.1) is 11.7 Å². The summed E-state index contributed by atoms with van der Waals surface area (Å²) in [5.41, 5.74) is 2.40. The van der Waals surface area contributed by atoms with Crippen LogP contribution >= 0.6 is 0 Å². The van der Waals surface area contributed by atoms with Crippen molar-refractivity contribution in [1.29, 1.82) is 0 Å². The molecule has 0 saturated carbocycles. The van der Waals surface area contributed by atoms with Crippen molar-refractivity contribution in [3.8, 4) is 11.3 Å². The number of nitrogens with one attached hydrogen (secondary N) is 2. The Labute approximate surface area is 167 Å². The third-order valence-electron chi connectivity index (χ3n) is 5.07. The summed E-state index contributed by atoms with van der Waals surface area (Å²) < 4.78 is 13.1. The third kappa shape index (κ3) is 4.34. The number of likely N-dealkylation sites (tertiary alicyclic amines) is 1. The molecule has 0 radical (unpaired) electrons. The summed E-state index contributed by atoms with van der Waals surface area (Å²) in [5, 5.41) is 9.85. The lowest BCUT2D eigenvalue weighted by Crippen LogP contribution is -2.43. The SMILES string of the molecule is O=C(Nc1ccccc1)C1CCCN(C(=O)c2cc(-c3ccc(F)cc3)n[nH]2)C1. The maximum absolute atomic E-state index is 13.1. The zero-order valence-corrected chi connectivity index (χ0v) is 15.8. The molecular weight excluding hydrogens is 371 g/mol. The molecule has 2 heterocycles. The molecule has 6 nitrogen and oxygen atoms in total. The number of hydrogen-bond donors (Lipinski definition) is 2. The number of carbonyl (C=O) groups is 2. The Kier molecular flexibility index (Phi) is 5.37. The van der Waals surface area contributed by atoms with Gasteiger partial charge in [-0.2, -0.15) is 5.10 Å². The minimum Gasteiger partial charge on any atom is -0.337 e. The average Bonchev–Trinajstić information content (AvgIpc) is 3.25. The van der Waals surface area contributed by atoms with Gasteiger partial charge in [-0.1, -0.05) is 18.2 Å². The second kappa shape index (κ2) is 8.26. The van der Waals surface area contributed by atoms with E-state index in [2.05, 4.69) is 15.5 Å². The first-order valence-electron chi connectivity index (χ1n) is 9.57. The van der Waals surface area contributed by atoms with Crippen molar-refractivity contribution in [3.05, 3.63) is 72.2 Å². The molecule has 1 atom stereocenters. The van der Waals surface area contributed by atoms with Crippen LogP contribution in [0.25, 0.3) is 11.3 Å². The smallest absolute Gasteiger partial charge is 0.271 e. The Bertz CT molecular complexity index is 1000. The Balaban J connectivity index is 1.42. The van der Waals surface area contributed by atoms with Crippen molar-refractivity contribution in [1.82, 2.24) is 15.1 Å². The summed E-state index contributed by atoms with van der Waals surface area (Å²) in [6.07, 6.45) is 1.50. The van der Waals surface area contributed by atoms with Crippen LogP contribution < -0.4 is 5.32 Å². The van der Waals surface area contributed by atoms with E-state index in [1.54, 1.807) is 23.1 Å². The predicted octanol–water partition coefficient (Wildman–Crippen LogP) is 3.71. The lowest BCUT2D eigenvalue weighted by atomic mass is 9.96. The van der Waals surface area contributed by atoms with E-state index < -0.39 is 0 Å². The molecule has 0 spiro atoms. The molecule has 0 bridgehead atoms. The van der Waals surface area contributed by atoms with Gasteiger partial charge in [-0.05, 0) is 55.3 Å². The van der Waals surface area contributed by atoms with Crippen LogP contribution in [-0.4, -0.2) is 40.0 Å². The van der Waals surface area contributed by atoms with Gasteiger partial charge in [-0.3, -0.25) is 14.7 Å². The molecule has 148 valence electrons. The number of amides is 2. The fraction of sp³-hybridized carbons (Fsp3) is 0.227. The van der Waals surface area contributed by atoms with Crippen LogP contribution in [0.5, 0.6) is 0 Å². The topological polar surface area (TPSA) is 78.1 Å². The number of H-pyrrole nitrogens is 1. The number of carbonyl (C=O) groups excluding carboxylic acids is 2. The molecule has 1 saturated heterocycles. The quantitative estimate of drug-likeness (QED) is 0.711. The molecule has 1 aromatic heterocycles. The Hall–Kier alpha value is -3.48. The summed E-state index contributed by atoms with van der Waals surface area (Å²) in [5.74, 6) is -0.852. The maximum atomic E-state index is 13.1. The van der Waals surface area contributed by atoms with Crippen molar-refractivity contribution in [2.24, 2.45) is 5.92 Å². The molecule has 4 rings (SSSR count). The van der Waals surface area contributed by atoms with Crippen molar-refractivity contribution < 1.29 is 14.0 Å². The van der Waals surface area contributed by atoms with E-state index in [0.29, 0.717) is 24.5 Å². The van der Waals surface area contributed by atoms with Gasteiger partial charge < -0.3 is 10.2 Å². The molecule has 29 heavy (non-hydrogen) atoms. The first-order chi connectivity index (χ1) is 14.1. The molecule has 1 unspecified atom stereocenters. The van der Waals surface area contributed by atoms with E-state index in [1.165, 1.54) is 12.1 Å². The fourth-order valence-electron chi connectivity index (χ4n) is 3.51. The molecule has 7 heteroatoms. The van der Waals surface area contributed by atoms with Crippen molar-refractivity contribution in [2.75, 3.05) is 18.4 Å². The molecule has 1 aliphatic heterocycles. The minimum absolute atomic E-state index is 0.0784. The molecular formula is C22H21FN4O2. The van der Waals surface area contributed by atoms with Crippen LogP contribution in [0.3, 0.4) is 0 Å². The Morgan fingerprint density at radius 1 is 1.10 bits per heavy atom. The standard InChI is InChI=1S/C22H21FN4O2/c23-17-10-8-15(9-11-17)19-13-20(26-25-19)22(29)27-12-4-5-16(14-27)21(28)24-18-6-2-1-3-7-18/h1-3,6-11,13,16H,4-5,12,14H2,(H,24,28)(H,25,26). The van der Waals surface area contributed by atoms with Gasteiger partial charge in [0.2, 0.25) is 5.91 Å². The van der Waals surface area contributed by atoms with Crippen molar-refractivity contribution in [2.45, 2.75) is 12.8 Å². The number of benzene rings is 2. The number of rotatable bonds is 4. The van der Waals surface area contributed by atoms with E-state index >= 15 is 0 Å². The first-order valence-corrected chi connectivity index (χ1v) is 9.57. The number of aromatic nitrogens is 2. The van der Waals surface area contributed by atoms with Gasteiger partial charge in [0.1, 0.15) is 11.5 Å². The molecule has 0 aliphatic carbocycles. The highest BCUT2D eigenvalue weighted by Crippen LogP contribution is 2.22. The number of halogens is 1. The summed E-state index contributed by atoms with van der Waals surface area (Å²) in [4.78, 5) is 27.2. The van der Waals surface area contributed by atoms with Crippen LogP contribution in [0.1, 0.15) is 23.3 Å². The van der Waals surface area contributed by atoms with E-state index in [-0.39, 0.29) is 23.5 Å². The van der Waals surface area contributed by atoms with Crippen molar-refractivity contribution in [3.63, 3.8) is 0 Å². The maximum Gasteiger partial charge on any atom is 0.271 e. The van der Waals surface area contributed by atoms with E-state index in [4.69, 9.17) is 0 Å². The lowest BCUT2D eigenvalue weighted by molar-refractivity contribution is -0.121. The average molecular weight is 392 g/mol. The molecule has 3 aromatic rings. The highest BCUT2D eigenvalue weighted by molar-refractivity contribution is 5.95.